The minimum absolute atomic E-state index is 0.618. The first-order valence-corrected chi connectivity index (χ1v) is 25.4. The van der Waals surface area contributed by atoms with Crippen molar-refractivity contribution in [2.45, 2.75) is 0 Å². The highest BCUT2D eigenvalue weighted by atomic mass is 15.0. The van der Waals surface area contributed by atoms with Gasteiger partial charge in [-0.2, -0.15) is 0 Å². The highest BCUT2D eigenvalue weighted by Crippen LogP contribution is 2.42. The lowest BCUT2D eigenvalue weighted by atomic mass is 9.95. The van der Waals surface area contributed by atoms with Crippen molar-refractivity contribution in [2.24, 2.45) is 0 Å². The Bertz CT molecular complexity index is 4540. The Morgan fingerprint density at radius 2 is 0.613 bits per heavy atom. The second-order valence-corrected chi connectivity index (χ2v) is 19.2. The Balaban J connectivity index is 0.947. The van der Waals surface area contributed by atoms with Gasteiger partial charge in [-0.1, -0.05) is 194 Å². The highest BCUT2D eigenvalue weighted by Gasteiger charge is 2.21. The molecule has 0 spiro atoms. The maximum atomic E-state index is 5.10. The molecule has 4 heterocycles. The van der Waals surface area contributed by atoms with E-state index < -0.39 is 0 Å². The van der Waals surface area contributed by atoms with Crippen molar-refractivity contribution in [3.8, 4) is 73.5 Å². The standard InChI is InChI=1S/C69H44N6/c1-4-19-45(20-5-1)67-70-68(46-21-6-2-7-22-46)72-69(71-67)50-24-18-23-47(41-50)48-36-40-64(75-62-33-16-12-29-55(62)56-30-13-17-34-63(56)75)59(42-48)49-35-38-57-58-39-37-52(44-66(58)73(65(57)43-49)51-25-8-3-9-26-51)74-60-31-14-10-27-53(60)54-28-11-15-32-61(54)74/h1-44H. The van der Waals surface area contributed by atoms with Crippen LogP contribution in [0.2, 0.25) is 0 Å². The Hall–Kier alpha value is -10.2. The molecule has 0 amide bonds. The molecule has 0 unspecified atom stereocenters. The number of nitrogens with zero attached hydrogens (tertiary/aromatic N) is 6. The average molecular weight is 957 g/mol. The molecule has 0 aliphatic carbocycles. The minimum Gasteiger partial charge on any atom is -0.309 e. The molecule has 0 radical (unpaired) electrons. The highest BCUT2D eigenvalue weighted by molar-refractivity contribution is 6.13. The topological polar surface area (TPSA) is 53.5 Å². The van der Waals surface area contributed by atoms with Gasteiger partial charge >= 0.3 is 0 Å². The molecular formula is C69H44N6. The molecule has 75 heavy (non-hydrogen) atoms. The molecule has 0 aliphatic heterocycles. The monoisotopic (exact) mass is 956 g/mol. The molecule has 0 saturated heterocycles. The van der Waals surface area contributed by atoms with Crippen molar-refractivity contribution < 1.29 is 0 Å². The van der Waals surface area contributed by atoms with E-state index in [9.17, 15) is 0 Å². The van der Waals surface area contributed by atoms with Crippen molar-refractivity contribution in [3.63, 3.8) is 0 Å². The van der Waals surface area contributed by atoms with Crippen LogP contribution in [0.1, 0.15) is 0 Å². The molecule has 15 rings (SSSR count). The van der Waals surface area contributed by atoms with Crippen molar-refractivity contribution in [2.75, 3.05) is 0 Å². The first kappa shape index (κ1) is 42.5. The number of para-hydroxylation sites is 5. The predicted octanol–water partition coefficient (Wildman–Crippen LogP) is 17.5. The molecule has 6 nitrogen and oxygen atoms in total. The molecule has 0 N–H and O–H groups in total. The number of rotatable bonds is 8. The molecule has 0 bridgehead atoms. The van der Waals surface area contributed by atoms with Crippen LogP contribution in [0.15, 0.2) is 267 Å². The third-order valence-electron chi connectivity index (χ3n) is 14.9. The first-order valence-electron chi connectivity index (χ1n) is 25.4. The lowest BCUT2D eigenvalue weighted by Crippen LogP contribution is -2.00. The second-order valence-electron chi connectivity index (χ2n) is 19.2. The van der Waals surface area contributed by atoms with Gasteiger partial charge in [-0.3, -0.25) is 0 Å². The zero-order valence-corrected chi connectivity index (χ0v) is 40.6. The first-order chi connectivity index (χ1) is 37.2. The van der Waals surface area contributed by atoms with E-state index in [1.54, 1.807) is 0 Å². The fourth-order valence-corrected chi connectivity index (χ4v) is 11.5. The summed E-state index contributed by atoms with van der Waals surface area (Å²) in [6, 6.07) is 95.6. The summed E-state index contributed by atoms with van der Waals surface area (Å²) in [7, 11) is 0. The summed E-state index contributed by atoms with van der Waals surface area (Å²) in [5.74, 6) is 1.88. The van der Waals surface area contributed by atoms with Crippen molar-refractivity contribution in [1.29, 1.82) is 0 Å². The van der Waals surface area contributed by atoms with Crippen LogP contribution in [0.25, 0.3) is 139 Å². The van der Waals surface area contributed by atoms with Crippen LogP contribution in [0.5, 0.6) is 0 Å². The SMILES string of the molecule is c1ccc(-c2nc(-c3ccccc3)nc(-c3cccc(-c4ccc(-n5c6ccccc6c6ccccc65)c(-c5ccc6c7ccc(-n8c9ccccc9c9ccccc98)cc7n(-c7ccccc7)c6c5)c4)c3)n2)cc1. The van der Waals surface area contributed by atoms with Crippen LogP contribution in [0.4, 0.5) is 0 Å². The number of aromatic nitrogens is 6. The van der Waals surface area contributed by atoms with E-state index in [1.165, 1.54) is 43.4 Å². The third-order valence-corrected chi connectivity index (χ3v) is 14.9. The van der Waals surface area contributed by atoms with Crippen molar-refractivity contribution >= 4 is 65.4 Å². The van der Waals surface area contributed by atoms with E-state index in [4.69, 9.17) is 15.0 Å². The van der Waals surface area contributed by atoms with Crippen LogP contribution in [-0.4, -0.2) is 28.7 Å². The quantitative estimate of drug-likeness (QED) is 0.152. The Morgan fingerprint density at radius 1 is 0.213 bits per heavy atom. The Kier molecular flexibility index (Phi) is 9.78. The molecule has 6 heteroatoms. The van der Waals surface area contributed by atoms with Gasteiger partial charge in [0.2, 0.25) is 0 Å². The van der Waals surface area contributed by atoms with E-state index in [2.05, 4.69) is 220 Å². The van der Waals surface area contributed by atoms with Gasteiger partial charge in [0.1, 0.15) is 0 Å². The van der Waals surface area contributed by atoms with Crippen molar-refractivity contribution in [1.82, 2.24) is 28.7 Å². The maximum absolute atomic E-state index is 5.10. The molecule has 0 fully saturated rings. The van der Waals surface area contributed by atoms with Crippen LogP contribution in [0.3, 0.4) is 0 Å². The van der Waals surface area contributed by atoms with Gasteiger partial charge in [0.15, 0.2) is 17.5 Å². The summed E-state index contributed by atoms with van der Waals surface area (Å²) in [6.07, 6.45) is 0. The zero-order valence-electron chi connectivity index (χ0n) is 40.6. The van der Waals surface area contributed by atoms with Crippen molar-refractivity contribution in [3.05, 3.63) is 267 Å². The number of hydrogen-bond acceptors (Lipinski definition) is 3. The minimum atomic E-state index is 0.618. The van der Waals surface area contributed by atoms with E-state index in [0.29, 0.717) is 17.5 Å². The fourth-order valence-electron chi connectivity index (χ4n) is 11.5. The zero-order chi connectivity index (χ0) is 49.4. The predicted molar refractivity (Wildman–Crippen MR) is 310 cm³/mol. The summed E-state index contributed by atoms with van der Waals surface area (Å²) >= 11 is 0. The summed E-state index contributed by atoms with van der Waals surface area (Å²) in [6.45, 7) is 0. The van der Waals surface area contributed by atoms with Gasteiger partial charge in [0.05, 0.1) is 38.8 Å². The number of hydrogen-bond donors (Lipinski definition) is 0. The second kappa shape index (κ2) is 17.3. The lowest BCUT2D eigenvalue weighted by molar-refractivity contribution is 1.07. The number of fused-ring (bicyclic) bond motifs is 9. The molecule has 15 aromatic rings. The molecular weight excluding hydrogens is 913 g/mol. The van der Waals surface area contributed by atoms with E-state index in [0.717, 1.165) is 78.1 Å². The van der Waals surface area contributed by atoms with Gasteiger partial charge in [-0.05, 0) is 89.5 Å². The maximum Gasteiger partial charge on any atom is 0.164 e. The van der Waals surface area contributed by atoms with Gasteiger partial charge < -0.3 is 13.7 Å². The van der Waals surface area contributed by atoms with Gasteiger partial charge in [0, 0.05) is 65.9 Å². The molecule has 4 aromatic heterocycles. The molecule has 11 aromatic carbocycles. The van der Waals surface area contributed by atoms with E-state index in [-0.39, 0.29) is 0 Å². The third kappa shape index (κ3) is 6.99. The molecule has 0 atom stereocenters. The average Bonchev–Trinajstić information content (AvgIpc) is 4.17. The van der Waals surface area contributed by atoms with Gasteiger partial charge in [-0.25, -0.2) is 15.0 Å². The van der Waals surface area contributed by atoms with E-state index in [1.807, 2.05) is 60.7 Å². The lowest BCUT2D eigenvalue weighted by Gasteiger charge is -2.17. The summed E-state index contributed by atoms with van der Waals surface area (Å²) in [5.41, 5.74) is 17.4. The van der Waals surface area contributed by atoms with E-state index >= 15 is 0 Å². The summed E-state index contributed by atoms with van der Waals surface area (Å²) < 4.78 is 7.30. The van der Waals surface area contributed by atoms with Crippen LogP contribution in [0, 0.1) is 0 Å². The van der Waals surface area contributed by atoms with Crippen LogP contribution in [-0.2, 0) is 0 Å². The molecule has 0 saturated carbocycles. The van der Waals surface area contributed by atoms with Gasteiger partial charge in [-0.15, -0.1) is 0 Å². The smallest absolute Gasteiger partial charge is 0.164 e. The number of benzene rings is 11. The van der Waals surface area contributed by atoms with Crippen LogP contribution >= 0.6 is 0 Å². The van der Waals surface area contributed by atoms with Gasteiger partial charge in [0.25, 0.3) is 0 Å². The summed E-state index contributed by atoms with van der Waals surface area (Å²) in [5, 5.41) is 7.32. The largest absolute Gasteiger partial charge is 0.309 e. The Labute approximate surface area is 432 Å². The summed E-state index contributed by atoms with van der Waals surface area (Å²) in [4.78, 5) is 15.2. The molecule has 350 valence electrons. The Morgan fingerprint density at radius 3 is 1.19 bits per heavy atom. The molecule has 0 aliphatic rings. The van der Waals surface area contributed by atoms with Crippen LogP contribution < -0.4 is 0 Å². The fraction of sp³-hybridized carbons (Fsp3) is 0. The normalized spacial score (nSPS) is 11.7.